The second kappa shape index (κ2) is 9.44. The van der Waals surface area contributed by atoms with E-state index in [1.54, 1.807) is 23.9 Å². The minimum atomic E-state index is -0.189. The molecule has 1 aromatic rings. The van der Waals surface area contributed by atoms with E-state index in [0.717, 1.165) is 29.7 Å². The Morgan fingerprint density at radius 3 is 2.65 bits per heavy atom. The van der Waals surface area contributed by atoms with Crippen LogP contribution in [0.4, 0.5) is 4.39 Å². The van der Waals surface area contributed by atoms with Crippen molar-refractivity contribution in [3.8, 4) is 0 Å². The minimum absolute atomic E-state index is 0. The quantitative estimate of drug-likeness (QED) is 0.249. The van der Waals surface area contributed by atoms with E-state index in [-0.39, 0.29) is 29.8 Å². The van der Waals surface area contributed by atoms with Gasteiger partial charge in [-0.25, -0.2) is 4.39 Å². The Morgan fingerprint density at radius 2 is 2.05 bits per heavy atom. The van der Waals surface area contributed by atoms with Gasteiger partial charge in [-0.3, -0.25) is 4.99 Å². The number of thioether (sulfide) groups is 1. The third kappa shape index (κ3) is 6.78. The molecule has 1 aliphatic rings. The van der Waals surface area contributed by atoms with Crippen LogP contribution in [-0.4, -0.2) is 30.8 Å². The summed E-state index contributed by atoms with van der Waals surface area (Å²) < 4.78 is 12.7. The number of hydrogen-bond acceptors (Lipinski definition) is 2. The zero-order valence-corrected chi connectivity index (χ0v) is 14.7. The smallest absolute Gasteiger partial charge is 0.191 e. The molecule has 0 amide bonds. The molecule has 2 rings (SSSR count). The molecule has 0 aliphatic heterocycles. The fourth-order valence-electron chi connectivity index (χ4n) is 1.59. The molecular formula is C14H21FIN3S. The summed E-state index contributed by atoms with van der Waals surface area (Å²) in [4.78, 5) is 5.61. The Kier molecular flexibility index (Phi) is 8.28. The average Bonchev–Trinajstić information content (AvgIpc) is 3.21. The molecule has 0 spiro atoms. The molecular weight excluding hydrogens is 388 g/mol. The Bertz CT molecular complexity index is 421. The van der Waals surface area contributed by atoms with Gasteiger partial charge < -0.3 is 10.6 Å². The van der Waals surface area contributed by atoms with Crippen LogP contribution in [0.5, 0.6) is 0 Å². The molecule has 0 aromatic heterocycles. The number of hydrogen-bond donors (Lipinski definition) is 2. The SMILES string of the molecule is CCNC(=NCCSc1ccc(F)cc1)NC1CC1.I. The third-order valence-electron chi connectivity index (χ3n) is 2.71. The molecule has 0 atom stereocenters. The molecule has 1 fully saturated rings. The molecule has 2 N–H and O–H groups in total. The first-order chi connectivity index (χ1) is 9.28. The zero-order valence-electron chi connectivity index (χ0n) is 11.6. The van der Waals surface area contributed by atoms with Gasteiger partial charge in [0.2, 0.25) is 0 Å². The molecule has 3 nitrogen and oxygen atoms in total. The monoisotopic (exact) mass is 409 g/mol. The molecule has 0 bridgehead atoms. The van der Waals surface area contributed by atoms with Crippen LogP contribution in [0.1, 0.15) is 19.8 Å². The first-order valence-corrected chi connectivity index (χ1v) is 7.69. The normalized spacial score (nSPS) is 14.6. The van der Waals surface area contributed by atoms with Crippen LogP contribution in [0.2, 0.25) is 0 Å². The van der Waals surface area contributed by atoms with Gasteiger partial charge in [0.15, 0.2) is 5.96 Å². The van der Waals surface area contributed by atoms with Gasteiger partial charge in [0, 0.05) is 23.2 Å². The Hall–Kier alpha value is -0.500. The van der Waals surface area contributed by atoms with Crippen molar-refractivity contribution in [1.29, 1.82) is 0 Å². The summed E-state index contributed by atoms with van der Waals surface area (Å²) in [7, 11) is 0. The van der Waals surface area contributed by atoms with Gasteiger partial charge in [-0.2, -0.15) is 0 Å². The second-order valence-corrected chi connectivity index (χ2v) is 5.65. The van der Waals surface area contributed by atoms with E-state index >= 15 is 0 Å². The Morgan fingerprint density at radius 1 is 1.35 bits per heavy atom. The molecule has 1 aliphatic carbocycles. The van der Waals surface area contributed by atoms with Gasteiger partial charge in [0.1, 0.15) is 5.82 Å². The topological polar surface area (TPSA) is 36.4 Å². The lowest BCUT2D eigenvalue weighted by Gasteiger charge is -2.09. The molecule has 1 saturated carbocycles. The predicted molar refractivity (Wildman–Crippen MR) is 94.7 cm³/mol. The van der Waals surface area contributed by atoms with Crippen LogP contribution in [0.3, 0.4) is 0 Å². The summed E-state index contributed by atoms with van der Waals surface area (Å²) in [5.41, 5.74) is 0. The lowest BCUT2D eigenvalue weighted by molar-refractivity contribution is 0.626. The van der Waals surface area contributed by atoms with Crippen molar-refractivity contribution in [2.45, 2.75) is 30.7 Å². The van der Waals surface area contributed by atoms with Crippen LogP contribution in [-0.2, 0) is 0 Å². The maximum absolute atomic E-state index is 12.7. The highest BCUT2D eigenvalue weighted by Gasteiger charge is 2.21. The van der Waals surface area contributed by atoms with Gasteiger partial charge in [-0.05, 0) is 44.0 Å². The fraction of sp³-hybridized carbons (Fsp3) is 0.500. The van der Waals surface area contributed by atoms with E-state index in [1.807, 2.05) is 0 Å². The van der Waals surface area contributed by atoms with Gasteiger partial charge in [-0.1, -0.05) is 0 Å². The average molecular weight is 409 g/mol. The highest BCUT2D eigenvalue weighted by Crippen LogP contribution is 2.19. The van der Waals surface area contributed by atoms with Gasteiger partial charge >= 0.3 is 0 Å². The summed E-state index contributed by atoms with van der Waals surface area (Å²) in [6.07, 6.45) is 2.49. The lowest BCUT2D eigenvalue weighted by atomic mass is 10.4. The summed E-state index contributed by atoms with van der Waals surface area (Å²) in [6.45, 7) is 3.70. The maximum Gasteiger partial charge on any atom is 0.191 e. The van der Waals surface area contributed by atoms with Crippen LogP contribution in [0.25, 0.3) is 0 Å². The molecule has 0 radical (unpaired) electrons. The van der Waals surface area contributed by atoms with Gasteiger partial charge in [0.25, 0.3) is 0 Å². The fourth-order valence-corrected chi connectivity index (χ4v) is 2.34. The molecule has 112 valence electrons. The molecule has 0 heterocycles. The van der Waals surface area contributed by atoms with E-state index in [2.05, 4.69) is 22.5 Å². The number of nitrogens with zero attached hydrogens (tertiary/aromatic N) is 1. The first-order valence-electron chi connectivity index (χ1n) is 6.71. The van der Waals surface area contributed by atoms with Crippen LogP contribution >= 0.6 is 35.7 Å². The van der Waals surface area contributed by atoms with E-state index in [0.29, 0.717) is 6.04 Å². The van der Waals surface area contributed by atoms with Crippen LogP contribution in [0.15, 0.2) is 34.2 Å². The third-order valence-corrected chi connectivity index (χ3v) is 3.70. The van der Waals surface area contributed by atoms with E-state index < -0.39 is 0 Å². The standard InChI is InChI=1S/C14H20FN3S.HI/c1-2-16-14(18-12-5-6-12)17-9-10-19-13-7-3-11(15)4-8-13;/h3-4,7-8,12H,2,5-6,9-10H2,1H3,(H2,16,17,18);1H. The lowest BCUT2D eigenvalue weighted by Crippen LogP contribution is -2.38. The highest BCUT2D eigenvalue weighted by molar-refractivity contribution is 14.0. The number of nitrogens with one attached hydrogen (secondary N) is 2. The van der Waals surface area contributed by atoms with Crippen LogP contribution in [0, 0.1) is 5.82 Å². The predicted octanol–water partition coefficient (Wildman–Crippen LogP) is 3.25. The number of guanidine groups is 1. The molecule has 0 unspecified atom stereocenters. The Balaban J connectivity index is 0.00000200. The van der Waals surface area contributed by atoms with Crippen LogP contribution < -0.4 is 10.6 Å². The minimum Gasteiger partial charge on any atom is -0.357 e. The number of aliphatic imine (C=N–C) groups is 1. The largest absolute Gasteiger partial charge is 0.357 e. The van der Waals surface area contributed by atoms with Crippen molar-refractivity contribution in [3.05, 3.63) is 30.1 Å². The molecule has 20 heavy (non-hydrogen) atoms. The number of halogens is 2. The summed E-state index contributed by atoms with van der Waals surface area (Å²) in [6, 6.07) is 7.20. The van der Waals surface area contributed by atoms with Crippen molar-refractivity contribution < 1.29 is 4.39 Å². The summed E-state index contributed by atoms with van der Waals surface area (Å²) in [5.74, 6) is 1.61. The number of rotatable bonds is 6. The van der Waals surface area contributed by atoms with E-state index in [1.165, 1.54) is 25.0 Å². The maximum atomic E-state index is 12.7. The van der Waals surface area contributed by atoms with E-state index in [9.17, 15) is 4.39 Å². The summed E-state index contributed by atoms with van der Waals surface area (Å²) >= 11 is 1.69. The van der Waals surface area contributed by atoms with Crippen molar-refractivity contribution in [2.75, 3.05) is 18.8 Å². The van der Waals surface area contributed by atoms with Crippen molar-refractivity contribution in [3.63, 3.8) is 0 Å². The summed E-state index contributed by atoms with van der Waals surface area (Å²) in [5, 5.41) is 6.62. The van der Waals surface area contributed by atoms with E-state index in [4.69, 9.17) is 0 Å². The second-order valence-electron chi connectivity index (χ2n) is 4.48. The Labute approximate surface area is 141 Å². The first kappa shape index (κ1) is 17.6. The van der Waals surface area contributed by atoms with Crippen molar-refractivity contribution >= 4 is 41.7 Å². The molecule has 6 heteroatoms. The van der Waals surface area contributed by atoms with Crippen molar-refractivity contribution in [1.82, 2.24) is 10.6 Å². The van der Waals surface area contributed by atoms with Gasteiger partial charge in [0.05, 0.1) is 6.54 Å². The molecule has 1 aromatic carbocycles. The zero-order chi connectivity index (χ0) is 13.5. The van der Waals surface area contributed by atoms with Gasteiger partial charge in [-0.15, -0.1) is 35.7 Å². The van der Waals surface area contributed by atoms with Crippen molar-refractivity contribution in [2.24, 2.45) is 4.99 Å². The number of benzene rings is 1. The molecule has 0 saturated heterocycles. The highest BCUT2D eigenvalue weighted by atomic mass is 127.